The monoisotopic (exact) mass is 432 g/mol. The van der Waals surface area contributed by atoms with Crippen molar-refractivity contribution in [2.24, 2.45) is 0 Å². The van der Waals surface area contributed by atoms with Crippen molar-refractivity contribution < 1.29 is 23.4 Å². The van der Waals surface area contributed by atoms with Crippen LogP contribution in [0.15, 0.2) is 33.6 Å². The molecule has 1 aromatic rings. The van der Waals surface area contributed by atoms with Crippen molar-refractivity contribution >= 4 is 31.9 Å². The minimum absolute atomic E-state index is 0.0271. The van der Waals surface area contributed by atoms with E-state index in [1.165, 1.54) is 16.4 Å². The molecule has 0 radical (unpaired) electrons. The highest BCUT2D eigenvalue weighted by molar-refractivity contribution is 9.10. The average molecular weight is 433 g/mol. The van der Waals surface area contributed by atoms with Gasteiger partial charge in [0.1, 0.15) is 6.56 Å². The van der Waals surface area contributed by atoms with Gasteiger partial charge in [-0.25, -0.2) is 8.42 Å². The molecule has 3 aliphatic rings. The number of morpholine rings is 1. The predicted molar refractivity (Wildman–Crippen MR) is 95.6 cm³/mol. The lowest BCUT2D eigenvalue weighted by atomic mass is 9.90. The van der Waals surface area contributed by atoms with E-state index < -0.39 is 34.6 Å². The largest absolute Gasteiger partial charge is 0.363 e. The van der Waals surface area contributed by atoms with E-state index >= 15 is 0 Å². The first-order chi connectivity index (χ1) is 13.4. The molecule has 4 rings (SSSR count). The van der Waals surface area contributed by atoms with E-state index in [1.54, 1.807) is 12.1 Å². The summed E-state index contributed by atoms with van der Waals surface area (Å²) < 4.78 is 66.6. The summed E-state index contributed by atoms with van der Waals surface area (Å²) in [5.74, 6) is -1.000. The summed E-state index contributed by atoms with van der Waals surface area (Å²) in [6, 6.07) is 5.92. The summed E-state index contributed by atoms with van der Waals surface area (Å²) in [4.78, 5) is 13.6. The van der Waals surface area contributed by atoms with Crippen LogP contribution in [-0.4, -0.2) is 61.3 Å². The Labute approximate surface area is 161 Å². The first kappa shape index (κ1) is 13.2. The second-order valence-electron chi connectivity index (χ2n) is 6.57. The number of benzene rings is 1. The first-order valence-electron chi connectivity index (χ1n) is 10.2. The number of carbonyl (C=O) groups is 1. The van der Waals surface area contributed by atoms with Gasteiger partial charge in [0.15, 0.2) is 0 Å². The molecule has 0 aromatic heterocycles. The van der Waals surface area contributed by atoms with E-state index in [0.29, 0.717) is 12.8 Å². The van der Waals surface area contributed by atoms with Crippen LogP contribution in [0.3, 0.4) is 0 Å². The van der Waals surface area contributed by atoms with Crippen molar-refractivity contribution in [3.8, 4) is 0 Å². The molecule has 2 saturated heterocycles. The van der Waals surface area contributed by atoms with Crippen LogP contribution in [0, 0.1) is 0 Å². The normalized spacial score (nSPS) is 31.1. The van der Waals surface area contributed by atoms with Crippen molar-refractivity contribution in [1.82, 2.24) is 9.21 Å². The zero-order valence-corrected chi connectivity index (χ0v) is 15.8. The Morgan fingerprint density at radius 2 is 1.84 bits per heavy atom. The van der Waals surface area contributed by atoms with Gasteiger partial charge in [-0.1, -0.05) is 15.9 Å². The van der Waals surface area contributed by atoms with Gasteiger partial charge in [0, 0.05) is 23.6 Å². The molecule has 1 spiro atoms. The number of hydrogen-bond acceptors (Lipinski definition) is 4. The second kappa shape index (κ2) is 6.33. The van der Waals surface area contributed by atoms with Gasteiger partial charge in [0.25, 0.3) is 0 Å². The summed E-state index contributed by atoms with van der Waals surface area (Å²) in [5.41, 5.74) is -1.60. The Kier molecular flexibility index (Phi) is 3.36. The third kappa shape index (κ3) is 3.37. The topological polar surface area (TPSA) is 66.9 Å². The number of nitrogens with zero attached hydrogens (tertiary/aromatic N) is 2. The van der Waals surface area contributed by atoms with E-state index in [2.05, 4.69) is 15.9 Å². The van der Waals surface area contributed by atoms with Crippen LogP contribution < -0.4 is 0 Å². The number of halogens is 1. The summed E-state index contributed by atoms with van der Waals surface area (Å²) in [6.07, 6.45) is 1.15. The van der Waals surface area contributed by atoms with E-state index in [-0.39, 0.29) is 36.9 Å². The number of sulfonamides is 1. The number of carbonyl (C=O) groups excluding carboxylic acids is 1. The SMILES string of the molecule is [2H]C1([2H])OC2(CCN(S(=O)(=O)c3ccc(Br)cc3)CC2)C([2H])([2H])N(C2CC2)C1=O. The van der Waals surface area contributed by atoms with Gasteiger partial charge in [-0.2, -0.15) is 4.31 Å². The van der Waals surface area contributed by atoms with Gasteiger partial charge in [0.05, 0.1) is 22.5 Å². The third-order valence-electron chi connectivity index (χ3n) is 4.77. The molecule has 1 aliphatic carbocycles. The summed E-state index contributed by atoms with van der Waals surface area (Å²) in [6.45, 7) is -4.91. The van der Waals surface area contributed by atoms with Crippen molar-refractivity contribution in [3.63, 3.8) is 0 Å². The maximum Gasteiger partial charge on any atom is 0.248 e. The molecular weight excluding hydrogens is 408 g/mol. The Hall–Kier alpha value is -0.960. The highest BCUT2D eigenvalue weighted by Crippen LogP contribution is 2.37. The molecular formula is C17H21BrN2O4S. The van der Waals surface area contributed by atoms with Gasteiger partial charge in [-0.3, -0.25) is 4.79 Å². The van der Waals surface area contributed by atoms with E-state index in [9.17, 15) is 13.2 Å². The maximum absolute atomic E-state index is 12.9. The molecule has 0 atom stereocenters. The average Bonchev–Trinajstić information content (AvgIpc) is 3.46. The Morgan fingerprint density at radius 3 is 2.44 bits per heavy atom. The highest BCUT2D eigenvalue weighted by Gasteiger charge is 2.47. The molecule has 0 N–H and O–H groups in total. The lowest BCUT2D eigenvalue weighted by Crippen LogP contribution is -2.59. The Bertz CT molecular complexity index is 929. The fourth-order valence-electron chi connectivity index (χ4n) is 3.13. The number of hydrogen-bond donors (Lipinski definition) is 0. The minimum atomic E-state index is -3.77. The zero-order chi connectivity index (χ0) is 21.2. The lowest BCUT2D eigenvalue weighted by molar-refractivity contribution is -0.170. The van der Waals surface area contributed by atoms with E-state index in [4.69, 9.17) is 10.2 Å². The molecule has 0 unspecified atom stereocenters. The fraction of sp³-hybridized carbons (Fsp3) is 0.588. The Balaban J connectivity index is 1.60. The van der Waals surface area contributed by atoms with Gasteiger partial charge >= 0.3 is 0 Å². The van der Waals surface area contributed by atoms with Crippen molar-refractivity contribution in [2.75, 3.05) is 26.1 Å². The maximum atomic E-state index is 12.9. The lowest BCUT2D eigenvalue weighted by Gasteiger charge is -2.46. The predicted octanol–water partition coefficient (Wildman–Crippen LogP) is 1.99. The van der Waals surface area contributed by atoms with Crippen molar-refractivity contribution in [2.45, 2.75) is 42.2 Å². The van der Waals surface area contributed by atoms with Crippen molar-refractivity contribution in [3.05, 3.63) is 28.7 Å². The van der Waals surface area contributed by atoms with Gasteiger partial charge in [-0.15, -0.1) is 0 Å². The zero-order valence-electron chi connectivity index (χ0n) is 17.4. The summed E-state index contributed by atoms with van der Waals surface area (Å²) in [5, 5.41) is 0. The number of rotatable bonds is 3. The number of ether oxygens (including phenoxy) is 1. The standard InChI is InChI=1S/C17H21BrN2O4S/c18-13-1-5-15(6-2-13)25(22,23)19-9-7-17(8-10-19)12-20(14-3-4-14)16(21)11-24-17/h1-2,5-6,14H,3-4,7-12H2/i11D2,12D2. The van der Waals surface area contributed by atoms with Crippen LogP contribution in [0.5, 0.6) is 0 Å². The van der Waals surface area contributed by atoms with E-state index in [1.807, 2.05) is 0 Å². The molecule has 1 aromatic carbocycles. The number of piperidine rings is 1. The van der Waals surface area contributed by atoms with Crippen LogP contribution in [0.4, 0.5) is 0 Å². The van der Waals surface area contributed by atoms with Gasteiger partial charge < -0.3 is 9.64 Å². The minimum Gasteiger partial charge on any atom is -0.363 e. The number of amides is 1. The van der Waals surface area contributed by atoms with Crippen LogP contribution in [0.2, 0.25) is 0 Å². The second-order valence-corrected chi connectivity index (χ2v) is 9.43. The molecule has 136 valence electrons. The molecule has 2 heterocycles. The molecule has 0 bridgehead atoms. The van der Waals surface area contributed by atoms with Crippen LogP contribution >= 0.6 is 15.9 Å². The fourth-order valence-corrected chi connectivity index (χ4v) is 4.84. The molecule has 8 heteroatoms. The molecule has 6 nitrogen and oxygen atoms in total. The van der Waals surface area contributed by atoms with Crippen molar-refractivity contribution in [1.29, 1.82) is 0 Å². The van der Waals surface area contributed by atoms with Gasteiger partial charge in [0.2, 0.25) is 15.9 Å². The van der Waals surface area contributed by atoms with E-state index in [0.717, 1.165) is 9.37 Å². The molecule has 3 fully saturated rings. The molecule has 1 saturated carbocycles. The van der Waals surface area contributed by atoms with Crippen LogP contribution in [0.1, 0.15) is 31.2 Å². The molecule has 1 amide bonds. The molecule has 25 heavy (non-hydrogen) atoms. The van der Waals surface area contributed by atoms with Gasteiger partial charge in [-0.05, 0) is 49.9 Å². The van der Waals surface area contributed by atoms with Crippen LogP contribution in [-0.2, 0) is 19.6 Å². The highest BCUT2D eigenvalue weighted by atomic mass is 79.9. The first-order valence-corrected chi connectivity index (χ1v) is 10.4. The summed E-state index contributed by atoms with van der Waals surface area (Å²) >= 11 is 3.27. The quantitative estimate of drug-likeness (QED) is 0.732. The summed E-state index contributed by atoms with van der Waals surface area (Å²) in [7, 11) is -3.77. The Morgan fingerprint density at radius 1 is 1.20 bits per heavy atom. The molecule has 2 aliphatic heterocycles. The smallest absolute Gasteiger partial charge is 0.248 e. The van der Waals surface area contributed by atoms with Crippen LogP contribution in [0.25, 0.3) is 0 Å². The third-order valence-corrected chi connectivity index (χ3v) is 7.21.